The summed E-state index contributed by atoms with van der Waals surface area (Å²) in [6.07, 6.45) is 3.58. The topological polar surface area (TPSA) is 69.7 Å². The van der Waals surface area contributed by atoms with Gasteiger partial charge in [-0.3, -0.25) is 14.5 Å². The van der Waals surface area contributed by atoms with Gasteiger partial charge in [-0.25, -0.2) is 4.79 Å². The molecule has 2 fully saturated rings. The average molecular weight is 343 g/mol. The Kier molecular flexibility index (Phi) is 5.06. The van der Waals surface area contributed by atoms with Gasteiger partial charge >= 0.3 is 6.03 Å². The van der Waals surface area contributed by atoms with Crippen molar-refractivity contribution in [2.45, 2.75) is 45.6 Å². The first-order valence-electron chi connectivity index (χ1n) is 9.00. The number of rotatable bonds is 4. The minimum atomic E-state index is -0.337. The molecule has 1 saturated heterocycles. The summed E-state index contributed by atoms with van der Waals surface area (Å²) in [7, 11) is 0. The van der Waals surface area contributed by atoms with Gasteiger partial charge in [0.2, 0.25) is 11.8 Å². The first-order valence-corrected chi connectivity index (χ1v) is 9.00. The number of nitrogens with zero attached hydrogens (tertiary/aromatic N) is 2. The van der Waals surface area contributed by atoms with Crippen molar-refractivity contribution in [3.63, 3.8) is 0 Å². The monoisotopic (exact) mass is 343 g/mol. The van der Waals surface area contributed by atoms with Gasteiger partial charge in [-0.15, -0.1) is 0 Å². The Hall–Kier alpha value is -2.37. The van der Waals surface area contributed by atoms with Crippen LogP contribution in [0.3, 0.4) is 0 Å². The third-order valence-corrected chi connectivity index (χ3v) is 5.24. The second-order valence-electron chi connectivity index (χ2n) is 6.81. The van der Waals surface area contributed by atoms with E-state index in [1.165, 1.54) is 4.90 Å². The lowest BCUT2D eigenvalue weighted by Crippen LogP contribution is -2.63. The highest BCUT2D eigenvalue weighted by Gasteiger charge is 2.46. The normalized spacial score (nSPS) is 23.4. The van der Waals surface area contributed by atoms with E-state index in [-0.39, 0.29) is 36.3 Å². The summed E-state index contributed by atoms with van der Waals surface area (Å²) in [5.41, 5.74) is 1.72. The second-order valence-corrected chi connectivity index (χ2v) is 6.81. The van der Waals surface area contributed by atoms with E-state index in [9.17, 15) is 14.4 Å². The molecule has 0 bridgehead atoms. The molecule has 1 saturated carbocycles. The van der Waals surface area contributed by atoms with E-state index in [1.807, 2.05) is 31.2 Å². The van der Waals surface area contributed by atoms with Gasteiger partial charge in [0.1, 0.15) is 6.54 Å². The van der Waals surface area contributed by atoms with Gasteiger partial charge in [-0.2, -0.15) is 0 Å². The van der Waals surface area contributed by atoms with Crippen LogP contribution < -0.4 is 5.32 Å². The third kappa shape index (κ3) is 3.38. The molecule has 6 nitrogen and oxygen atoms in total. The number of para-hydroxylation sites is 1. The molecule has 134 valence electrons. The van der Waals surface area contributed by atoms with E-state index in [1.54, 1.807) is 11.8 Å². The molecule has 1 aliphatic heterocycles. The number of anilines is 1. The van der Waals surface area contributed by atoms with E-state index in [0.29, 0.717) is 6.54 Å². The van der Waals surface area contributed by atoms with Crippen LogP contribution in [0.4, 0.5) is 10.5 Å². The molecule has 6 heteroatoms. The average Bonchev–Trinajstić information content (AvgIpc) is 2.61. The van der Waals surface area contributed by atoms with Gasteiger partial charge in [-0.05, 0) is 38.3 Å². The summed E-state index contributed by atoms with van der Waals surface area (Å²) in [5.74, 6) is -0.470. The summed E-state index contributed by atoms with van der Waals surface area (Å²) < 4.78 is 0. The second kappa shape index (κ2) is 7.25. The number of urea groups is 1. The minimum absolute atomic E-state index is 0.0158. The van der Waals surface area contributed by atoms with Gasteiger partial charge in [0.05, 0.1) is 5.92 Å². The van der Waals surface area contributed by atoms with Crippen LogP contribution in [0.5, 0.6) is 0 Å². The number of amides is 4. The maximum absolute atomic E-state index is 12.7. The molecule has 1 heterocycles. The lowest BCUT2D eigenvalue weighted by atomic mass is 9.81. The summed E-state index contributed by atoms with van der Waals surface area (Å²) in [5, 5.41) is 2.88. The smallest absolute Gasteiger partial charge is 0.324 e. The van der Waals surface area contributed by atoms with Gasteiger partial charge < -0.3 is 10.2 Å². The summed E-state index contributed by atoms with van der Waals surface area (Å²) in [6.45, 7) is 4.05. The summed E-state index contributed by atoms with van der Waals surface area (Å²) in [6, 6.07) is 7.06. The molecule has 2 aliphatic rings. The Morgan fingerprint density at radius 3 is 2.64 bits per heavy atom. The number of hydrogen-bond acceptors (Lipinski definition) is 3. The lowest BCUT2D eigenvalue weighted by molar-refractivity contribution is -0.141. The standard InChI is InChI=1S/C19H25N3O3/c1-3-21-18(24)14-9-5-7-11-16(14)22(19(21)25)12-17(23)20-15-10-6-4-8-13(15)2/h4,6,8,10,14,16H,3,5,7,9,11-12H2,1-2H3,(H,20,23). The Morgan fingerprint density at radius 1 is 1.20 bits per heavy atom. The number of nitrogens with one attached hydrogen (secondary N) is 1. The van der Waals surface area contributed by atoms with Crippen LogP contribution in [-0.4, -0.2) is 46.8 Å². The molecule has 2 atom stereocenters. The van der Waals surface area contributed by atoms with E-state index in [4.69, 9.17) is 0 Å². The van der Waals surface area contributed by atoms with Crippen LogP contribution >= 0.6 is 0 Å². The first kappa shape index (κ1) is 17.5. The summed E-state index contributed by atoms with van der Waals surface area (Å²) >= 11 is 0. The van der Waals surface area contributed by atoms with Crippen molar-refractivity contribution in [3.05, 3.63) is 29.8 Å². The highest BCUT2D eigenvalue weighted by molar-refractivity contribution is 6.01. The zero-order valence-electron chi connectivity index (χ0n) is 14.8. The Labute approximate surface area is 148 Å². The van der Waals surface area contributed by atoms with Crippen molar-refractivity contribution in [1.82, 2.24) is 9.80 Å². The van der Waals surface area contributed by atoms with Gasteiger partial charge in [-0.1, -0.05) is 31.0 Å². The number of hydrogen-bond donors (Lipinski definition) is 1. The molecule has 1 aromatic carbocycles. The molecule has 2 unspecified atom stereocenters. The zero-order valence-corrected chi connectivity index (χ0v) is 14.8. The fraction of sp³-hybridized carbons (Fsp3) is 0.526. The highest BCUT2D eigenvalue weighted by atomic mass is 16.2. The van der Waals surface area contributed by atoms with Gasteiger partial charge in [0, 0.05) is 18.3 Å². The summed E-state index contributed by atoms with van der Waals surface area (Å²) in [4.78, 5) is 40.7. The molecule has 4 amide bonds. The number of carbonyl (C=O) groups excluding carboxylic acids is 3. The number of imide groups is 1. The highest BCUT2D eigenvalue weighted by Crippen LogP contribution is 2.34. The van der Waals surface area contributed by atoms with Gasteiger partial charge in [0.25, 0.3) is 0 Å². The number of carbonyl (C=O) groups is 3. The molecule has 0 radical (unpaired) electrons. The van der Waals surface area contributed by atoms with E-state index in [2.05, 4.69) is 5.32 Å². The Bertz CT molecular complexity index is 688. The molecule has 1 N–H and O–H groups in total. The van der Waals surface area contributed by atoms with E-state index in [0.717, 1.165) is 36.9 Å². The molecule has 3 rings (SSSR count). The van der Waals surface area contributed by atoms with Crippen LogP contribution in [0.1, 0.15) is 38.2 Å². The van der Waals surface area contributed by atoms with Crippen molar-refractivity contribution < 1.29 is 14.4 Å². The maximum Gasteiger partial charge on any atom is 0.327 e. The fourth-order valence-corrected chi connectivity index (χ4v) is 3.90. The molecular weight excluding hydrogens is 318 g/mol. The lowest BCUT2D eigenvalue weighted by Gasteiger charge is -2.46. The predicted octanol–water partition coefficient (Wildman–Crippen LogP) is 2.78. The maximum atomic E-state index is 12.7. The minimum Gasteiger partial charge on any atom is -0.324 e. The van der Waals surface area contributed by atoms with E-state index >= 15 is 0 Å². The SMILES string of the molecule is CCN1C(=O)C2CCCCC2N(CC(=O)Nc2ccccc2C)C1=O. The van der Waals surface area contributed by atoms with Crippen LogP contribution in [0, 0.1) is 12.8 Å². The van der Waals surface area contributed by atoms with Crippen LogP contribution in [-0.2, 0) is 9.59 Å². The fourth-order valence-electron chi connectivity index (χ4n) is 3.90. The molecule has 1 aliphatic carbocycles. The van der Waals surface area contributed by atoms with E-state index < -0.39 is 0 Å². The zero-order chi connectivity index (χ0) is 18.0. The Balaban J connectivity index is 1.76. The molecule has 1 aromatic rings. The van der Waals surface area contributed by atoms with Crippen molar-refractivity contribution >= 4 is 23.5 Å². The third-order valence-electron chi connectivity index (χ3n) is 5.24. The molecule has 0 spiro atoms. The number of fused-ring (bicyclic) bond motifs is 1. The number of aryl methyl sites for hydroxylation is 1. The molecule has 0 aromatic heterocycles. The number of benzene rings is 1. The van der Waals surface area contributed by atoms with Crippen LogP contribution in [0.2, 0.25) is 0 Å². The van der Waals surface area contributed by atoms with Crippen molar-refractivity contribution in [2.24, 2.45) is 5.92 Å². The van der Waals surface area contributed by atoms with Crippen LogP contribution in [0.25, 0.3) is 0 Å². The largest absolute Gasteiger partial charge is 0.327 e. The first-order chi connectivity index (χ1) is 12.0. The predicted molar refractivity (Wildman–Crippen MR) is 95.0 cm³/mol. The van der Waals surface area contributed by atoms with Crippen molar-refractivity contribution in [3.8, 4) is 0 Å². The molecule has 25 heavy (non-hydrogen) atoms. The van der Waals surface area contributed by atoms with Crippen molar-refractivity contribution in [2.75, 3.05) is 18.4 Å². The molecular formula is C19H25N3O3. The quantitative estimate of drug-likeness (QED) is 0.914. The van der Waals surface area contributed by atoms with Gasteiger partial charge in [0.15, 0.2) is 0 Å². The Morgan fingerprint density at radius 2 is 1.92 bits per heavy atom. The van der Waals surface area contributed by atoms with Crippen molar-refractivity contribution in [1.29, 1.82) is 0 Å². The van der Waals surface area contributed by atoms with Crippen LogP contribution in [0.15, 0.2) is 24.3 Å².